The number of nitrogens with zero attached hydrogens (tertiary/aromatic N) is 1. The standard InChI is InChI=1S/C13H20N2S.C2H6/c1-3-15-10-6-9-13(15)11-7-4-5-8-12(11)14-16-2;1-2/h4-5,7-8,13-14H,3,6,9-10H2,1-2H3;1-2H3. The number of rotatable bonds is 4. The highest BCUT2D eigenvalue weighted by Gasteiger charge is 2.26. The largest absolute Gasteiger partial charge is 0.330 e. The first kappa shape index (κ1) is 15.4. The van der Waals surface area contributed by atoms with Crippen LogP contribution in [0.5, 0.6) is 0 Å². The molecule has 1 N–H and O–H groups in total. The molecule has 1 aromatic carbocycles. The molecule has 3 heteroatoms. The molecule has 0 radical (unpaired) electrons. The summed E-state index contributed by atoms with van der Waals surface area (Å²) < 4.78 is 3.39. The second-order valence-corrected chi connectivity index (χ2v) is 4.79. The minimum atomic E-state index is 0.612. The first-order chi connectivity index (χ1) is 8.86. The van der Waals surface area contributed by atoms with Gasteiger partial charge >= 0.3 is 0 Å². The second kappa shape index (κ2) is 8.44. The Hall–Kier alpha value is -0.670. The van der Waals surface area contributed by atoms with Crippen molar-refractivity contribution in [1.82, 2.24) is 4.90 Å². The number of hydrogen-bond donors (Lipinski definition) is 1. The van der Waals surface area contributed by atoms with Gasteiger partial charge in [-0.1, -0.05) is 50.9 Å². The van der Waals surface area contributed by atoms with E-state index in [0.717, 1.165) is 6.54 Å². The Morgan fingerprint density at radius 3 is 2.72 bits per heavy atom. The molecule has 0 spiro atoms. The van der Waals surface area contributed by atoms with Gasteiger partial charge in [-0.15, -0.1) is 0 Å². The molecule has 102 valence electrons. The van der Waals surface area contributed by atoms with Gasteiger partial charge in [0.25, 0.3) is 0 Å². The van der Waals surface area contributed by atoms with Crippen LogP contribution in [-0.4, -0.2) is 24.2 Å². The smallest absolute Gasteiger partial charge is 0.0488 e. The molecular weight excluding hydrogens is 240 g/mol. The highest BCUT2D eigenvalue weighted by molar-refractivity contribution is 7.99. The van der Waals surface area contributed by atoms with Crippen molar-refractivity contribution < 1.29 is 0 Å². The van der Waals surface area contributed by atoms with E-state index >= 15 is 0 Å². The van der Waals surface area contributed by atoms with E-state index in [0.29, 0.717) is 6.04 Å². The van der Waals surface area contributed by atoms with Gasteiger partial charge in [-0.2, -0.15) is 0 Å². The minimum Gasteiger partial charge on any atom is -0.330 e. The second-order valence-electron chi connectivity index (χ2n) is 4.18. The van der Waals surface area contributed by atoms with E-state index in [-0.39, 0.29) is 0 Å². The molecule has 18 heavy (non-hydrogen) atoms. The van der Waals surface area contributed by atoms with Crippen LogP contribution in [0.25, 0.3) is 0 Å². The lowest BCUT2D eigenvalue weighted by Gasteiger charge is -2.25. The lowest BCUT2D eigenvalue weighted by molar-refractivity contribution is 0.272. The van der Waals surface area contributed by atoms with Crippen LogP contribution >= 0.6 is 11.9 Å². The third-order valence-electron chi connectivity index (χ3n) is 3.30. The highest BCUT2D eigenvalue weighted by atomic mass is 32.2. The number of likely N-dealkylation sites (tertiary alicyclic amines) is 1. The maximum Gasteiger partial charge on any atom is 0.0488 e. The van der Waals surface area contributed by atoms with Crippen LogP contribution in [0.2, 0.25) is 0 Å². The third-order valence-corrected chi connectivity index (χ3v) is 3.73. The van der Waals surface area contributed by atoms with Gasteiger partial charge in [-0.3, -0.25) is 4.90 Å². The van der Waals surface area contributed by atoms with Crippen molar-refractivity contribution in [2.45, 2.75) is 39.7 Å². The monoisotopic (exact) mass is 266 g/mol. The fourth-order valence-electron chi connectivity index (χ4n) is 2.55. The maximum absolute atomic E-state index is 3.39. The van der Waals surface area contributed by atoms with Crippen molar-refractivity contribution in [2.24, 2.45) is 0 Å². The molecule has 1 heterocycles. The topological polar surface area (TPSA) is 15.3 Å². The normalized spacial score (nSPS) is 19.2. The summed E-state index contributed by atoms with van der Waals surface area (Å²) in [6, 6.07) is 9.30. The Morgan fingerprint density at radius 2 is 2.06 bits per heavy atom. The Morgan fingerprint density at radius 1 is 1.33 bits per heavy atom. The van der Waals surface area contributed by atoms with Crippen LogP contribution in [0.4, 0.5) is 5.69 Å². The predicted molar refractivity (Wildman–Crippen MR) is 84.1 cm³/mol. The third kappa shape index (κ3) is 3.66. The average molecular weight is 266 g/mol. The molecule has 1 aliphatic heterocycles. The van der Waals surface area contributed by atoms with Crippen LogP contribution in [0, 0.1) is 0 Å². The number of nitrogens with one attached hydrogen (secondary N) is 1. The quantitative estimate of drug-likeness (QED) is 0.804. The molecule has 2 rings (SSSR count). The van der Waals surface area contributed by atoms with E-state index in [4.69, 9.17) is 0 Å². The molecule has 1 aliphatic rings. The Balaban J connectivity index is 0.000000771. The van der Waals surface area contributed by atoms with E-state index < -0.39 is 0 Å². The lowest BCUT2D eigenvalue weighted by Crippen LogP contribution is -2.23. The van der Waals surface area contributed by atoms with Crippen molar-refractivity contribution in [3.8, 4) is 0 Å². The average Bonchev–Trinajstić information content (AvgIpc) is 2.90. The summed E-state index contributed by atoms with van der Waals surface area (Å²) >= 11 is 1.67. The van der Waals surface area contributed by atoms with Gasteiger partial charge in [-0.05, 0) is 37.6 Å². The fourth-order valence-corrected chi connectivity index (χ4v) is 2.95. The van der Waals surface area contributed by atoms with Crippen molar-refractivity contribution in [3.63, 3.8) is 0 Å². The molecule has 1 fully saturated rings. The van der Waals surface area contributed by atoms with Crippen LogP contribution in [0.15, 0.2) is 24.3 Å². The Kier molecular flexibility index (Phi) is 7.21. The zero-order chi connectivity index (χ0) is 13.4. The molecule has 0 bridgehead atoms. The predicted octanol–water partition coefficient (Wildman–Crippen LogP) is 4.56. The van der Waals surface area contributed by atoms with E-state index in [9.17, 15) is 0 Å². The molecule has 1 saturated heterocycles. The molecule has 2 nitrogen and oxygen atoms in total. The SMILES string of the molecule is CC.CCN1CCCC1c1ccccc1NSC. The van der Waals surface area contributed by atoms with Crippen molar-refractivity contribution in [2.75, 3.05) is 24.1 Å². The maximum atomic E-state index is 3.39. The summed E-state index contributed by atoms with van der Waals surface area (Å²) in [5, 5.41) is 0. The van der Waals surface area contributed by atoms with Crippen molar-refractivity contribution in [3.05, 3.63) is 29.8 Å². The zero-order valence-corrected chi connectivity index (χ0v) is 12.9. The number of hydrogen-bond acceptors (Lipinski definition) is 3. The first-order valence-corrected chi connectivity index (χ1v) is 8.21. The van der Waals surface area contributed by atoms with Gasteiger partial charge in [0.2, 0.25) is 0 Å². The number of benzene rings is 1. The van der Waals surface area contributed by atoms with E-state index in [1.54, 1.807) is 11.9 Å². The lowest BCUT2D eigenvalue weighted by atomic mass is 10.0. The van der Waals surface area contributed by atoms with Gasteiger partial charge in [-0.25, -0.2) is 0 Å². The Labute approximate surface area is 116 Å². The summed E-state index contributed by atoms with van der Waals surface area (Å²) in [4.78, 5) is 2.57. The molecule has 0 aromatic heterocycles. The van der Waals surface area contributed by atoms with E-state index in [1.165, 1.54) is 30.6 Å². The molecule has 0 aliphatic carbocycles. The van der Waals surface area contributed by atoms with Crippen LogP contribution in [-0.2, 0) is 0 Å². The van der Waals surface area contributed by atoms with Gasteiger partial charge in [0.05, 0.1) is 0 Å². The van der Waals surface area contributed by atoms with Crippen molar-refractivity contribution >= 4 is 17.6 Å². The molecule has 1 aromatic rings. The van der Waals surface area contributed by atoms with E-state index in [1.807, 2.05) is 13.8 Å². The molecule has 1 atom stereocenters. The minimum absolute atomic E-state index is 0.612. The Bertz CT molecular complexity index is 341. The van der Waals surface area contributed by atoms with Gasteiger partial charge < -0.3 is 4.72 Å². The summed E-state index contributed by atoms with van der Waals surface area (Å²) in [6.45, 7) is 8.65. The molecule has 0 saturated carbocycles. The van der Waals surface area contributed by atoms with Crippen LogP contribution in [0.3, 0.4) is 0 Å². The van der Waals surface area contributed by atoms with Gasteiger partial charge in [0, 0.05) is 18.0 Å². The molecule has 1 unspecified atom stereocenters. The number of anilines is 1. The molecule has 0 amide bonds. The van der Waals surface area contributed by atoms with Crippen LogP contribution in [0.1, 0.15) is 45.2 Å². The van der Waals surface area contributed by atoms with Gasteiger partial charge in [0.1, 0.15) is 0 Å². The number of para-hydroxylation sites is 1. The summed E-state index contributed by atoms with van der Waals surface area (Å²) in [5.74, 6) is 0. The summed E-state index contributed by atoms with van der Waals surface area (Å²) in [7, 11) is 0. The highest BCUT2D eigenvalue weighted by Crippen LogP contribution is 2.35. The molecular formula is C15H26N2S. The van der Waals surface area contributed by atoms with Crippen LogP contribution < -0.4 is 4.72 Å². The summed E-state index contributed by atoms with van der Waals surface area (Å²) in [6.07, 6.45) is 4.69. The van der Waals surface area contributed by atoms with E-state index in [2.05, 4.69) is 47.1 Å². The fraction of sp³-hybridized carbons (Fsp3) is 0.600. The van der Waals surface area contributed by atoms with Crippen molar-refractivity contribution in [1.29, 1.82) is 0 Å². The zero-order valence-electron chi connectivity index (χ0n) is 12.1. The summed E-state index contributed by atoms with van der Waals surface area (Å²) in [5.41, 5.74) is 2.73. The first-order valence-electron chi connectivity index (χ1n) is 6.98. The van der Waals surface area contributed by atoms with Gasteiger partial charge in [0.15, 0.2) is 0 Å².